The highest BCUT2D eigenvalue weighted by atomic mass is 32.1. The quantitative estimate of drug-likeness (QED) is 0.395. The van der Waals surface area contributed by atoms with Crippen LogP contribution in [0.1, 0.15) is 54.4 Å². The summed E-state index contributed by atoms with van der Waals surface area (Å²) in [5, 5.41) is 0. The number of rotatable bonds is 8. The van der Waals surface area contributed by atoms with Crippen molar-refractivity contribution in [3.8, 4) is 0 Å². The van der Waals surface area contributed by atoms with Gasteiger partial charge in [0.25, 0.3) is 0 Å². The van der Waals surface area contributed by atoms with Crippen molar-refractivity contribution in [2.45, 2.75) is 64.7 Å². The van der Waals surface area contributed by atoms with Crippen molar-refractivity contribution in [2.75, 3.05) is 0 Å². The second kappa shape index (κ2) is 8.26. The van der Waals surface area contributed by atoms with Crippen LogP contribution in [0.15, 0.2) is 47.9 Å². The van der Waals surface area contributed by atoms with Gasteiger partial charge in [-0.25, -0.2) is 0 Å². The molecule has 1 heterocycles. The fourth-order valence-electron chi connectivity index (χ4n) is 2.11. The van der Waals surface area contributed by atoms with Crippen molar-refractivity contribution in [1.82, 2.24) is 4.90 Å². The number of hydrogen-bond acceptors (Lipinski definition) is 4. The molecule has 0 bridgehead atoms. The lowest BCUT2D eigenvalue weighted by Gasteiger charge is -2.38. The molecule has 0 aromatic carbocycles. The average Bonchev–Trinajstić information content (AvgIpc) is 2.49. The fraction of sp³-hybridized carbons (Fsp3) is 0.526. The molecule has 0 aliphatic carbocycles. The second-order valence-corrected chi connectivity index (χ2v) is 8.15. The Morgan fingerprint density at radius 3 is 2.46 bits per heavy atom. The maximum absolute atomic E-state index is 11.9. The number of nitrogens with zero attached hydrogens (tertiary/aromatic N) is 1. The zero-order valence-electron chi connectivity index (χ0n) is 15.7. The van der Waals surface area contributed by atoms with E-state index in [1.807, 2.05) is 50.9 Å². The molecule has 5 heteroatoms. The molecule has 0 atom stereocenters. The Morgan fingerprint density at radius 2 is 2.00 bits per heavy atom. The molecule has 0 N–H and O–H groups in total. The summed E-state index contributed by atoms with van der Waals surface area (Å²) >= 11 is 4.60. The highest BCUT2D eigenvalue weighted by Crippen LogP contribution is 2.31. The predicted octanol–water partition coefficient (Wildman–Crippen LogP) is 4.61. The van der Waals surface area contributed by atoms with Crippen LogP contribution in [0.3, 0.4) is 0 Å². The van der Waals surface area contributed by atoms with E-state index >= 15 is 0 Å². The SMILES string of the molecule is C=CN1C=C([B]OC(C)(C)C(C)(C)S)C=C/C1=C(/CCC)C(C)=O. The largest absolute Gasteiger partial charge is 0.428 e. The number of Topliss-reactive ketones (excluding diaryl/α,β-unsaturated/α-hetero) is 1. The Kier molecular flexibility index (Phi) is 7.17. The summed E-state index contributed by atoms with van der Waals surface area (Å²) in [7, 11) is 1.73. The van der Waals surface area contributed by atoms with E-state index in [4.69, 9.17) is 4.65 Å². The monoisotopic (exact) mass is 346 g/mol. The van der Waals surface area contributed by atoms with Crippen LogP contribution in [0.4, 0.5) is 0 Å². The van der Waals surface area contributed by atoms with Gasteiger partial charge in [-0.2, -0.15) is 12.6 Å². The highest BCUT2D eigenvalue weighted by Gasteiger charge is 2.34. The molecule has 1 rings (SSSR count). The van der Waals surface area contributed by atoms with Crippen molar-refractivity contribution < 1.29 is 9.45 Å². The number of thiol groups is 1. The third-order valence-electron chi connectivity index (χ3n) is 4.39. The van der Waals surface area contributed by atoms with Gasteiger partial charge in [0.1, 0.15) is 0 Å². The number of ketones is 1. The van der Waals surface area contributed by atoms with Crippen LogP contribution < -0.4 is 0 Å². The van der Waals surface area contributed by atoms with Crippen molar-refractivity contribution in [3.05, 3.63) is 47.9 Å². The first-order valence-electron chi connectivity index (χ1n) is 8.31. The highest BCUT2D eigenvalue weighted by molar-refractivity contribution is 7.81. The molecular weight excluding hydrogens is 317 g/mol. The fourth-order valence-corrected chi connectivity index (χ4v) is 2.16. The average molecular weight is 346 g/mol. The Hall–Kier alpha value is -1.20. The standard InChI is InChI=1S/C19H29BNO2S/c1-8-10-16(14(3)22)17-12-11-15(13-21(17)9-2)20-23-18(4,5)19(6,7)24/h9,11-13,24H,2,8,10H2,1,3-7H3/b17-16+. The van der Waals surface area contributed by atoms with Gasteiger partial charge in [-0.1, -0.05) is 26.0 Å². The third kappa shape index (κ3) is 5.15. The van der Waals surface area contributed by atoms with Crippen LogP contribution >= 0.6 is 12.6 Å². The summed E-state index contributed by atoms with van der Waals surface area (Å²) in [5.41, 5.74) is 2.18. The van der Waals surface area contributed by atoms with Gasteiger partial charge in [-0.3, -0.25) is 4.79 Å². The number of hydrogen-bond donors (Lipinski definition) is 1. The molecule has 0 spiro atoms. The van der Waals surface area contributed by atoms with Crippen LogP contribution in [0.25, 0.3) is 0 Å². The zero-order chi connectivity index (χ0) is 18.5. The van der Waals surface area contributed by atoms with E-state index in [0.717, 1.165) is 29.6 Å². The first-order chi connectivity index (χ1) is 11.0. The van der Waals surface area contributed by atoms with Crippen molar-refractivity contribution in [3.63, 3.8) is 0 Å². The van der Waals surface area contributed by atoms with Crippen molar-refractivity contribution in [2.24, 2.45) is 0 Å². The van der Waals surface area contributed by atoms with Crippen LogP contribution in [0.5, 0.6) is 0 Å². The van der Waals surface area contributed by atoms with Gasteiger partial charge < -0.3 is 9.55 Å². The van der Waals surface area contributed by atoms with Crippen molar-refractivity contribution in [1.29, 1.82) is 0 Å². The van der Waals surface area contributed by atoms with Crippen LogP contribution in [0.2, 0.25) is 0 Å². The molecule has 0 amide bonds. The van der Waals surface area contributed by atoms with Gasteiger partial charge in [-0.15, -0.1) is 0 Å². The van der Waals surface area contributed by atoms with E-state index in [1.54, 1.807) is 20.6 Å². The molecule has 0 aromatic heterocycles. The molecule has 1 aliphatic heterocycles. The van der Waals surface area contributed by atoms with Crippen LogP contribution in [0, 0.1) is 0 Å². The lowest BCUT2D eigenvalue weighted by Crippen LogP contribution is -2.44. The summed E-state index contributed by atoms with van der Waals surface area (Å²) in [6, 6.07) is 0. The van der Waals surface area contributed by atoms with Crippen molar-refractivity contribution >= 4 is 25.9 Å². The van der Waals surface area contributed by atoms with E-state index in [9.17, 15) is 4.79 Å². The van der Waals surface area contributed by atoms with E-state index in [-0.39, 0.29) is 10.5 Å². The molecule has 24 heavy (non-hydrogen) atoms. The Bertz CT molecular complexity index is 583. The summed E-state index contributed by atoms with van der Waals surface area (Å²) in [4.78, 5) is 13.8. The Labute approximate surface area is 153 Å². The molecular formula is C19H29BNO2S. The molecule has 3 nitrogen and oxygen atoms in total. The van der Waals surface area contributed by atoms with E-state index in [1.165, 1.54) is 0 Å². The van der Waals surface area contributed by atoms with Gasteiger partial charge in [0.15, 0.2) is 5.78 Å². The molecule has 0 saturated heterocycles. The molecule has 131 valence electrons. The van der Waals surface area contributed by atoms with E-state index in [2.05, 4.69) is 26.1 Å². The van der Waals surface area contributed by atoms with E-state index < -0.39 is 5.60 Å². The maximum Gasteiger partial charge on any atom is 0.332 e. The molecule has 0 saturated carbocycles. The predicted molar refractivity (Wildman–Crippen MR) is 106 cm³/mol. The molecule has 0 fully saturated rings. The van der Waals surface area contributed by atoms with Crippen LogP contribution in [-0.2, 0) is 9.45 Å². The summed E-state index contributed by atoms with van der Waals surface area (Å²) < 4.78 is 5.67. The van der Waals surface area contributed by atoms with E-state index in [0.29, 0.717) is 0 Å². The lowest BCUT2D eigenvalue weighted by atomic mass is 9.82. The van der Waals surface area contributed by atoms with Gasteiger partial charge >= 0.3 is 7.48 Å². The molecule has 1 aliphatic rings. The number of allylic oxidation sites excluding steroid dienone is 4. The second-order valence-electron chi connectivity index (χ2n) is 7.03. The van der Waals surface area contributed by atoms with Gasteiger partial charge in [0.05, 0.1) is 11.3 Å². The number of carbonyl (C=O) groups excluding carboxylic acids is 1. The minimum atomic E-state index is -0.424. The topological polar surface area (TPSA) is 29.5 Å². The first kappa shape index (κ1) is 20.8. The molecule has 0 unspecified atom stereocenters. The summed E-state index contributed by atoms with van der Waals surface area (Å²) in [5.74, 6) is 0.0957. The molecule has 0 aromatic rings. The van der Waals surface area contributed by atoms with Crippen LogP contribution in [-0.4, -0.2) is 28.5 Å². The first-order valence-corrected chi connectivity index (χ1v) is 8.76. The van der Waals surface area contributed by atoms with Gasteiger partial charge in [-0.05, 0) is 52.6 Å². The number of carbonyl (C=O) groups is 1. The normalized spacial score (nSPS) is 17.5. The third-order valence-corrected chi connectivity index (χ3v) is 4.93. The summed E-state index contributed by atoms with van der Waals surface area (Å²) in [6.45, 7) is 15.6. The Morgan fingerprint density at radius 1 is 1.38 bits per heavy atom. The molecule has 1 radical (unpaired) electrons. The minimum absolute atomic E-state index is 0.0957. The van der Waals surface area contributed by atoms with Gasteiger partial charge in [0, 0.05) is 22.7 Å². The Balaban J connectivity index is 2.98. The smallest absolute Gasteiger partial charge is 0.332 e. The maximum atomic E-state index is 11.9. The summed E-state index contributed by atoms with van der Waals surface area (Å²) in [6.07, 6.45) is 9.21. The zero-order valence-corrected chi connectivity index (χ0v) is 16.6. The lowest BCUT2D eigenvalue weighted by molar-refractivity contribution is -0.113. The van der Waals surface area contributed by atoms with Gasteiger partial charge in [0.2, 0.25) is 0 Å². The minimum Gasteiger partial charge on any atom is -0.428 e.